The Morgan fingerprint density at radius 3 is 2.78 bits per heavy atom. The second kappa shape index (κ2) is 9.53. The van der Waals surface area contributed by atoms with E-state index >= 15 is 0 Å². The van der Waals surface area contributed by atoms with Crippen LogP contribution in [0.3, 0.4) is 0 Å². The maximum absolute atomic E-state index is 12.6. The van der Waals surface area contributed by atoms with Crippen LogP contribution in [-0.4, -0.2) is 22.4 Å². The third-order valence-electron chi connectivity index (χ3n) is 4.95. The van der Waals surface area contributed by atoms with Gasteiger partial charge in [0.05, 0.1) is 16.2 Å². The van der Waals surface area contributed by atoms with Crippen molar-refractivity contribution in [3.63, 3.8) is 0 Å². The molecule has 4 aromatic rings. The Morgan fingerprint density at radius 1 is 1.12 bits per heavy atom. The van der Waals surface area contributed by atoms with Crippen molar-refractivity contribution < 1.29 is 9.53 Å². The topological polar surface area (TPSA) is 110 Å². The van der Waals surface area contributed by atoms with Gasteiger partial charge in [0.25, 0.3) is 5.56 Å². The van der Waals surface area contributed by atoms with E-state index in [9.17, 15) is 9.59 Å². The minimum Gasteiger partial charge on any atom is -0.486 e. The summed E-state index contributed by atoms with van der Waals surface area (Å²) in [5.41, 5.74) is 8.36. The van der Waals surface area contributed by atoms with E-state index in [1.807, 2.05) is 30.3 Å². The van der Waals surface area contributed by atoms with E-state index in [1.165, 1.54) is 0 Å². The number of hydrogen-bond donors (Lipinski definition) is 3. The lowest BCUT2D eigenvalue weighted by Crippen LogP contribution is -2.16. The van der Waals surface area contributed by atoms with E-state index in [2.05, 4.69) is 15.3 Å². The van der Waals surface area contributed by atoms with Crippen molar-refractivity contribution in [3.05, 3.63) is 99.1 Å². The number of fused-ring (bicyclic) bond motifs is 1. The first kappa shape index (κ1) is 21.4. The number of rotatable bonds is 8. The van der Waals surface area contributed by atoms with Gasteiger partial charge in [-0.2, -0.15) is 0 Å². The van der Waals surface area contributed by atoms with Crippen molar-refractivity contribution in [3.8, 4) is 5.75 Å². The molecular weight excluding hydrogens is 428 g/mol. The molecule has 0 atom stereocenters. The number of aromatic amines is 1. The Morgan fingerprint density at radius 2 is 2.00 bits per heavy atom. The van der Waals surface area contributed by atoms with Gasteiger partial charge in [-0.25, -0.2) is 0 Å². The third-order valence-corrected chi connectivity index (χ3v) is 5.24. The lowest BCUT2D eigenvalue weighted by atomic mass is 10.1. The van der Waals surface area contributed by atoms with Crippen LogP contribution < -0.4 is 21.3 Å². The van der Waals surface area contributed by atoms with Crippen LogP contribution in [-0.2, 0) is 13.0 Å². The summed E-state index contributed by atoms with van der Waals surface area (Å²) in [5, 5.41) is 4.47. The highest BCUT2D eigenvalue weighted by molar-refractivity contribution is 6.32. The van der Waals surface area contributed by atoms with Crippen LogP contribution in [0.1, 0.15) is 21.6 Å². The molecule has 7 nitrogen and oxygen atoms in total. The maximum atomic E-state index is 12.6. The number of carbonyl (C=O) groups is 1. The fraction of sp³-hybridized carbons (Fsp3) is 0.125. The number of benzene rings is 2. The van der Waals surface area contributed by atoms with Gasteiger partial charge in [0.15, 0.2) is 0 Å². The number of nitrogens with zero attached hydrogens (tertiary/aromatic N) is 1. The first-order valence-corrected chi connectivity index (χ1v) is 10.4. The Balaban J connectivity index is 1.46. The number of nitrogens with one attached hydrogen (secondary N) is 2. The second-order valence-corrected chi connectivity index (χ2v) is 7.63. The van der Waals surface area contributed by atoms with E-state index in [4.69, 9.17) is 22.1 Å². The molecule has 0 saturated heterocycles. The highest BCUT2D eigenvalue weighted by Crippen LogP contribution is 2.29. The SMILES string of the molecule is NC(=O)c1cccc(NCCc2cc3cc(Cl)c(OCc4ccccn4)cc3[nH]c2=O)c1. The number of aromatic nitrogens is 2. The Labute approximate surface area is 189 Å². The molecule has 0 fully saturated rings. The van der Waals surface area contributed by atoms with Gasteiger partial charge in [0, 0.05) is 41.0 Å². The number of carbonyl (C=O) groups excluding carboxylic acids is 1. The molecule has 2 heterocycles. The molecule has 1 amide bonds. The Bertz CT molecular complexity index is 1320. The molecule has 4 rings (SSSR count). The second-order valence-electron chi connectivity index (χ2n) is 7.23. The van der Waals surface area contributed by atoms with Crippen LogP contribution in [0.5, 0.6) is 5.75 Å². The van der Waals surface area contributed by atoms with E-state index in [1.54, 1.807) is 36.5 Å². The molecule has 2 aromatic carbocycles. The van der Waals surface area contributed by atoms with Crippen LogP contribution >= 0.6 is 11.6 Å². The maximum Gasteiger partial charge on any atom is 0.251 e. The Hall–Kier alpha value is -3.84. The highest BCUT2D eigenvalue weighted by Gasteiger charge is 2.09. The standard InChI is InChI=1S/C24H21ClN4O3/c25-20-12-17-10-16(7-9-28-18-6-3-4-15(11-18)23(26)30)24(31)29-21(17)13-22(20)32-14-19-5-1-2-8-27-19/h1-6,8,10-13,28H,7,9,14H2,(H2,26,30)(H,29,31). The summed E-state index contributed by atoms with van der Waals surface area (Å²) < 4.78 is 5.78. The largest absolute Gasteiger partial charge is 0.486 e. The molecule has 0 saturated carbocycles. The molecule has 0 aliphatic rings. The zero-order valence-corrected chi connectivity index (χ0v) is 17.9. The third kappa shape index (κ3) is 5.07. The number of H-pyrrole nitrogens is 1. The number of nitrogens with two attached hydrogens (primary N) is 1. The first-order valence-electron chi connectivity index (χ1n) is 10.0. The van der Waals surface area contributed by atoms with Crippen molar-refractivity contribution in [2.75, 3.05) is 11.9 Å². The summed E-state index contributed by atoms with van der Waals surface area (Å²) in [5.74, 6) is -0.0101. The minimum absolute atomic E-state index is 0.178. The van der Waals surface area contributed by atoms with Gasteiger partial charge in [-0.3, -0.25) is 14.6 Å². The monoisotopic (exact) mass is 448 g/mol. The number of anilines is 1. The van der Waals surface area contributed by atoms with Crippen molar-refractivity contribution >= 4 is 34.1 Å². The van der Waals surface area contributed by atoms with Crippen LogP contribution in [0.25, 0.3) is 10.9 Å². The summed E-state index contributed by atoms with van der Waals surface area (Å²) in [4.78, 5) is 31.0. The van der Waals surface area contributed by atoms with E-state index < -0.39 is 5.91 Å². The van der Waals surface area contributed by atoms with Gasteiger partial charge >= 0.3 is 0 Å². The molecule has 0 spiro atoms. The average Bonchev–Trinajstić information content (AvgIpc) is 2.79. The number of halogens is 1. The fourth-order valence-corrected chi connectivity index (χ4v) is 3.53. The molecule has 0 radical (unpaired) electrons. The number of amides is 1. The van der Waals surface area contributed by atoms with Gasteiger partial charge in [-0.15, -0.1) is 0 Å². The first-order chi connectivity index (χ1) is 15.5. The quantitative estimate of drug-likeness (QED) is 0.378. The summed E-state index contributed by atoms with van der Waals surface area (Å²) in [6.07, 6.45) is 2.19. The molecule has 0 aliphatic carbocycles. The van der Waals surface area contributed by atoms with Crippen molar-refractivity contribution in [1.29, 1.82) is 0 Å². The average molecular weight is 449 g/mol. The number of ether oxygens (including phenoxy) is 1. The summed E-state index contributed by atoms with van der Waals surface area (Å²) >= 11 is 6.40. The van der Waals surface area contributed by atoms with Crippen LogP contribution in [0.4, 0.5) is 5.69 Å². The molecule has 0 aliphatic heterocycles. The van der Waals surface area contributed by atoms with E-state index in [0.717, 1.165) is 16.8 Å². The zero-order valence-electron chi connectivity index (χ0n) is 17.1. The van der Waals surface area contributed by atoms with Gasteiger partial charge in [-0.05, 0) is 48.9 Å². The summed E-state index contributed by atoms with van der Waals surface area (Å²) in [6.45, 7) is 0.785. The van der Waals surface area contributed by atoms with Crippen LogP contribution in [0.15, 0.2) is 71.7 Å². The normalized spacial score (nSPS) is 10.8. The molecule has 2 aromatic heterocycles. The fourth-order valence-electron chi connectivity index (χ4n) is 3.31. The van der Waals surface area contributed by atoms with Gasteiger partial charge in [-0.1, -0.05) is 23.7 Å². The van der Waals surface area contributed by atoms with E-state index in [0.29, 0.717) is 40.4 Å². The van der Waals surface area contributed by atoms with Crippen LogP contribution in [0.2, 0.25) is 5.02 Å². The van der Waals surface area contributed by atoms with Gasteiger partial charge in [0.1, 0.15) is 12.4 Å². The molecule has 0 unspecified atom stereocenters. The summed E-state index contributed by atoms with van der Waals surface area (Å²) in [6, 6.07) is 17.8. The lowest BCUT2D eigenvalue weighted by Gasteiger charge is -2.11. The Kier molecular flexibility index (Phi) is 6.37. The van der Waals surface area contributed by atoms with Crippen molar-refractivity contribution in [2.24, 2.45) is 5.73 Å². The molecule has 162 valence electrons. The minimum atomic E-state index is -0.486. The van der Waals surface area contributed by atoms with Gasteiger partial charge in [0.2, 0.25) is 5.91 Å². The molecule has 4 N–H and O–H groups in total. The predicted octanol–water partition coefficient (Wildman–Crippen LogP) is 3.91. The molecular formula is C24H21ClN4O3. The molecule has 8 heteroatoms. The molecule has 0 bridgehead atoms. The number of hydrogen-bond acceptors (Lipinski definition) is 5. The van der Waals surface area contributed by atoms with Gasteiger partial charge < -0.3 is 20.8 Å². The van der Waals surface area contributed by atoms with Crippen molar-refractivity contribution in [2.45, 2.75) is 13.0 Å². The zero-order chi connectivity index (χ0) is 22.5. The predicted molar refractivity (Wildman–Crippen MR) is 125 cm³/mol. The summed E-state index contributed by atoms with van der Waals surface area (Å²) in [7, 11) is 0. The highest BCUT2D eigenvalue weighted by atomic mass is 35.5. The van der Waals surface area contributed by atoms with E-state index in [-0.39, 0.29) is 12.2 Å². The lowest BCUT2D eigenvalue weighted by molar-refractivity contribution is 0.100. The van der Waals surface area contributed by atoms with Crippen molar-refractivity contribution in [1.82, 2.24) is 9.97 Å². The van der Waals surface area contributed by atoms with Crippen LogP contribution in [0, 0.1) is 0 Å². The molecule has 32 heavy (non-hydrogen) atoms. The number of pyridine rings is 2. The number of primary amides is 1. The smallest absolute Gasteiger partial charge is 0.251 e.